The minimum absolute atomic E-state index is 0.00252. The van der Waals surface area contributed by atoms with E-state index in [1.807, 2.05) is 79.3 Å². The summed E-state index contributed by atoms with van der Waals surface area (Å²) in [5.74, 6) is 1.21. The number of aryl methyl sites for hydroxylation is 1. The predicted molar refractivity (Wildman–Crippen MR) is 153 cm³/mol. The lowest BCUT2D eigenvalue weighted by Gasteiger charge is -2.44. The van der Waals surface area contributed by atoms with E-state index in [0.717, 1.165) is 42.6 Å². The van der Waals surface area contributed by atoms with E-state index < -0.39 is 11.7 Å². The number of nitrogens with zero attached hydrogens (tertiary/aromatic N) is 2. The first-order valence-electron chi connectivity index (χ1n) is 14.4. The molecule has 1 aliphatic carbocycles. The normalized spacial score (nSPS) is 25.1. The van der Waals surface area contributed by atoms with Gasteiger partial charge in [-0.05, 0) is 83.7 Å². The average Bonchev–Trinajstić information content (AvgIpc) is 3.34. The largest absolute Gasteiger partial charge is 0.457 e. The van der Waals surface area contributed by atoms with E-state index in [1.165, 1.54) is 0 Å². The summed E-state index contributed by atoms with van der Waals surface area (Å²) in [6.45, 7) is 3.84. The van der Waals surface area contributed by atoms with Crippen molar-refractivity contribution in [2.45, 2.75) is 69.6 Å². The number of benzene rings is 2. The summed E-state index contributed by atoms with van der Waals surface area (Å²) in [4.78, 5) is 17.6. The number of unbranched alkanes of at least 4 members (excludes halogenated alkanes) is 1. The molecule has 1 amide bonds. The molecule has 39 heavy (non-hydrogen) atoms. The minimum Gasteiger partial charge on any atom is -0.457 e. The molecule has 1 heterocycles. The van der Waals surface area contributed by atoms with Crippen LogP contribution in [0.1, 0.15) is 56.1 Å². The number of methoxy groups -OCH3 is 1. The molecule has 1 saturated heterocycles. The lowest BCUT2D eigenvalue weighted by molar-refractivity contribution is -0.141. The fourth-order valence-corrected chi connectivity index (χ4v) is 6.48. The highest BCUT2D eigenvalue weighted by atomic mass is 16.5. The molecular weight excluding hydrogens is 492 g/mol. The monoisotopic (exact) mass is 538 g/mol. The SMILES string of the molecule is COCCCC[C@@](O)(c1ccccc1Oc1ccccc1C)[C@@H]1CCCN(C(=O)C2C[C@@H](O)[C@H](N(C)C)C2)C1. The number of rotatable bonds is 11. The van der Waals surface area contributed by atoms with Crippen molar-refractivity contribution in [3.8, 4) is 11.5 Å². The number of likely N-dealkylation sites (N-methyl/N-ethyl adjacent to an activating group) is 1. The Bertz CT molecular complexity index is 1090. The zero-order valence-electron chi connectivity index (χ0n) is 24.0. The number of para-hydroxylation sites is 2. The van der Waals surface area contributed by atoms with Gasteiger partial charge in [-0.15, -0.1) is 0 Å². The maximum atomic E-state index is 13.6. The van der Waals surface area contributed by atoms with Crippen LogP contribution in [0.25, 0.3) is 0 Å². The summed E-state index contributed by atoms with van der Waals surface area (Å²) in [7, 11) is 5.61. The van der Waals surface area contributed by atoms with Gasteiger partial charge in [0.15, 0.2) is 0 Å². The van der Waals surface area contributed by atoms with Gasteiger partial charge in [0.25, 0.3) is 0 Å². The second-order valence-corrected chi connectivity index (χ2v) is 11.6. The number of likely N-dealkylation sites (tertiary alicyclic amines) is 1. The molecule has 1 unspecified atom stereocenters. The second-order valence-electron chi connectivity index (χ2n) is 11.6. The van der Waals surface area contributed by atoms with Crippen LogP contribution in [0.4, 0.5) is 0 Å². The number of ether oxygens (including phenoxy) is 2. The molecule has 7 heteroatoms. The minimum atomic E-state index is -1.16. The second kappa shape index (κ2) is 13.3. The topological polar surface area (TPSA) is 82.5 Å². The summed E-state index contributed by atoms with van der Waals surface area (Å²) in [6.07, 6.45) is 4.55. The van der Waals surface area contributed by atoms with E-state index in [4.69, 9.17) is 9.47 Å². The lowest BCUT2D eigenvalue weighted by Crippen LogP contribution is -2.49. The van der Waals surface area contributed by atoms with E-state index in [-0.39, 0.29) is 23.8 Å². The van der Waals surface area contributed by atoms with Gasteiger partial charge in [-0.3, -0.25) is 4.79 Å². The molecule has 7 nitrogen and oxygen atoms in total. The first-order chi connectivity index (χ1) is 18.7. The Balaban J connectivity index is 1.59. The van der Waals surface area contributed by atoms with Crippen molar-refractivity contribution < 1.29 is 24.5 Å². The highest BCUT2D eigenvalue weighted by Gasteiger charge is 2.45. The summed E-state index contributed by atoms with van der Waals surface area (Å²) >= 11 is 0. The van der Waals surface area contributed by atoms with Gasteiger partial charge in [-0.25, -0.2) is 0 Å². The molecule has 0 spiro atoms. The Labute approximate surface area is 233 Å². The Morgan fingerprint density at radius 3 is 2.49 bits per heavy atom. The summed E-state index contributed by atoms with van der Waals surface area (Å²) in [5.41, 5.74) is 0.641. The van der Waals surface area contributed by atoms with Gasteiger partial charge in [-0.2, -0.15) is 0 Å². The summed E-state index contributed by atoms with van der Waals surface area (Å²) < 4.78 is 11.7. The number of carbonyl (C=O) groups is 1. The third-order valence-corrected chi connectivity index (χ3v) is 8.74. The van der Waals surface area contributed by atoms with Gasteiger partial charge < -0.3 is 29.5 Å². The third-order valence-electron chi connectivity index (χ3n) is 8.74. The quantitative estimate of drug-likeness (QED) is 0.403. The summed E-state index contributed by atoms with van der Waals surface area (Å²) in [6, 6.07) is 15.7. The molecular formula is C32H46N2O5. The van der Waals surface area contributed by atoms with E-state index in [0.29, 0.717) is 44.7 Å². The molecule has 0 bridgehead atoms. The number of hydrogen-bond acceptors (Lipinski definition) is 6. The molecule has 1 aliphatic heterocycles. The highest BCUT2D eigenvalue weighted by Crippen LogP contribution is 2.45. The van der Waals surface area contributed by atoms with Crippen molar-refractivity contribution in [2.24, 2.45) is 11.8 Å². The third kappa shape index (κ3) is 6.83. The van der Waals surface area contributed by atoms with Crippen LogP contribution in [0.2, 0.25) is 0 Å². The summed E-state index contributed by atoms with van der Waals surface area (Å²) in [5, 5.41) is 23.1. The lowest BCUT2D eigenvalue weighted by atomic mass is 9.73. The van der Waals surface area contributed by atoms with Crippen LogP contribution in [-0.2, 0) is 15.1 Å². The van der Waals surface area contributed by atoms with Crippen molar-refractivity contribution in [3.05, 3.63) is 59.7 Å². The number of aliphatic hydroxyl groups excluding tert-OH is 1. The standard InChI is InChI=1S/C32H46N2O5/c1-23-12-5-7-15-29(23)39-30-16-8-6-14-26(30)32(37,17-9-10-19-38-4)25-13-11-18-34(22-25)31(36)24-20-27(33(2)3)28(35)21-24/h5-8,12,14-16,24-25,27-28,35,37H,9-11,13,17-22H2,1-4H3/t24?,25-,27-,28-,32+/m1/s1. The van der Waals surface area contributed by atoms with Crippen LogP contribution < -0.4 is 4.74 Å². The van der Waals surface area contributed by atoms with Crippen molar-refractivity contribution in [1.82, 2.24) is 9.80 Å². The maximum absolute atomic E-state index is 13.6. The maximum Gasteiger partial charge on any atom is 0.225 e. The molecule has 0 aromatic heterocycles. The van der Waals surface area contributed by atoms with Crippen molar-refractivity contribution in [1.29, 1.82) is 0 Å². The first-order valence-corrected chi connectivity index (χ1v) is 14.4. The predicted octanol–water partition coefficient (Wildman–Crippen LogP) is 4.73. The van der Waals surface area contributed by atoms with E-state index in [1.54, 1.807) is 7.11 Å². The van der Waals surface area contributed by atoms with Crippen LogP contribution in [0.3, 0.4) is 0 Å². The van der Waals surface area contributed by atoms with Gasteiger partial charge in [0.1, 0.15) is 11.5 Å². The fourth-order valence-electron chi connectivity index (χ4n) is 6.48. The molecule has 2 aromatic carbocycles. The van der Waals surface area contributed by atoms with Crippen LogP contribution >= 0.6 is 0 Å². The van der Waals surface area contributed by atoms with Gasteiger partial charge in [0.2, 0.25) is 5.91 Å². The Morgan fingerprint density at radius 2 is 1.79 bits per heavy atom. The van der Waals surface area contributed by atoms with E-state index >= 15 is 0 Å². The van der Waals surface area contributed by atoms with Crippen LogP contribution in [0.5, 0.6) is 11.5 Å². The smallest absolute Gasteiger partial charge is 0.225 e. The van der Waals surface area contributed by atoms with Gasteiger partial charge in [-0.1, -0.05) is 36.4 Å². The van der Waals surface area contributed by atoms with E-state index in [9.17, 15) is 15.0 Å². The fraction of sp³-hybridized carbons (Fsp3) is 0.594. The van der Waals surface area contributed by atoms with E-state index in [2.05, 4.69) is 0 Å². The van der Waals surface area contributed by atoms with Gasteiger partial charge >= 0.3 is 0 Å². The van der Waals surface area contributed by atoms with Crippen LogP contribution in [0.15, 0.2) is 48.5 Å². The first kappa shape index (κ1) is 29.5. The highest BCUT2D eigenvalue weighted by molar-refractivity contribution is 5.79. The van der Waals surface area contributed by atoms with Crippen LogP contribution in [0, 0.1) is 18.8 Å². The molecule has 0 radical (unpaired) electrons. The molecule has 2 N–H and O–H groups in total. The van der Waals surface area contributed by atoms with Crippen molar-refractivity contribution >= 4 is 5.91 Å². The molecule has 2 aliphatic rings. The zero-order valence-corrected chi connectivity index (χ0v) is 24.0. The van der Waals surface area contributed by atoms with Crippen LogP contribution in [-0.4, -0.2) is 79.0 Å². The number of carbonyl (C=O) groups excluding carboxylic acids is 1. The zero-order chi connectivity index (χ0) is 28.0. The molecule has 1 saturated carbocycles. The number of piperidine rings is 1. The molecule has 4 rings (SSSR count). The Kier molecular flexibility index (Phi) is 10.0. The number of hydrogen-bond donors (Lipinski definition) is 2. The Hall–Kier alpha value is -2.45. The number of amides is 1. The molecule has 5 atom stereocenters. The molecule has 214 valence electrons. The van der Waals surface area contributed by atoms with Crippen molar-refractivity contribution in [3.63, 3.8) is 0 Å². The molecule has 2 aromatic rings. The molecule has 2 fully saturated rings. The average molecular weight is 539 g/mol. The van der Waals surface area contributed by atoms with Crippen molar-refractivity contribution in [2.75, 3.05) is 40.9 Å². The van der Waals surface area contributed by atoms with Gasteiger partial charge in [0, 0.05) is 50.2 Å². The Morgan fingerprint density at radius 1 is 1.08 bits per heavy atom. The van der Waals surface area contributed by atoms with Gasteiger partial charge in [0.05, 0.1) is 11.7 Å². The number of aliphatic hydroxyl groups is 2.